The number of epoxide rings is 1. The zero-order chi connectivity index (χ0) is 30.5. The molecule has 1 saturated carbocycles. The molecule has 2 aromatic carbocycles. The highest BCUT2D eigenvalue weighted by molar-refractivity contribution is 5.90. The second-order valence-corrected chi connectivity index (χ2v) is 10.8. The van der Waals surface area contributed by atoms with Gasteiger partial charge in [0.25, 0.3) is 0 Å². The van der Waals surface area contributed by atoms with Crippen molar-refractivity contribution in [1.82, 2.24) is 0 Å². The molecule has 0 bridgehead atoms. The number of aliphatic hydroxyl groups excluding tert-OH is 4. The fourth-order valence-corrected chi connectivity index (χ4v) is 5.90. The molecule has 43 heavy (non-hydrogen) atoms. The number of carbonyl (C=O) groups excluding carboxylic acids is 2. The first-order chi connectivity index (χ1) is 20.6. The minimum atomic E-state index is -1.75. The van der Waals surface area contributed by atoms with Crippen LogP contribution in [0.15, 0.2) is 60.9 Å². The molecule has 0 radical (unpaired) electrons. The number of hydrogen-bond acceptors (Lipinski definition) is 14. The molecule has 0 aromatic heterocycles. The molecule has 230 valence electrons. The van der Waals surface area contributed by atoms with Crippen LogP contribution in [0.3, 0.4) is 0 Å². The number of rotatable bonds is 8. The largest absolute Gasteiger partial charge is 0.508 e. The van der Waals surface area contributed by atoms with Gasteiger partial charge in [0.2, 0.25) is 6.29 Å². The van der Waals surface area contributed by atoms with Gasteiger partial charge in [0.1, 0.15) is 60.3 Å². The maximum atomic E-state index is 12.8. The summed E-state index contributed by atoms with van der Waals surface area (Å²) in [6.45, 7) is -0.975. The Balaban J connectivity index is 1.14. The minimum Gasteiger partial charge on any atom is -0.508 e. The first-order valence-electron chi connectivity index (χ1n) is 13.5. The molecule has 4 aliphatic rings. The average Bonchev–Trinajstić information content (AvgIpc) is 3.68. The zero-order valence-electron chi connectivity index (χ0n) is 22.4. The molecule has 6 N–H and O–H groups in total. The maximum Gasteiger partial charge on any atom is 0.338 e. The normalized spacial score (nSPS) is 37.5. The van der Waals surface area contributed by atoms with E-state index in [4.69, 9.17) is 28.4 Å². The van der Waals surface area contributed by atoms with Crippen molar-refractivity contribution in [2.45, 2.75) is 54.8 Å². The molecule has 3 aliphatic heterocycles. The number of aliphatic hydroxyl groups is 4. The first-order valence-corrected chi connectivity index (χ1v) is 13.5. The summed E-state index contributed by atoms with van der Waals surface area (Å²) in [5, 5.41) is 60.9. The third kappa shape index (κ3) is 5.31. The number of phenolic OH excluding ortho intramolecular Hbond substituents is 2. The average molecular weight is 603 g/mol. The summed E-state index contributed by atoms with van der Waals surface area (Å²) >= 11 is 0. The summed E-state index contributed by atoms with van der Waals surface area (Å²) in [5.41, 5.74) is -0.875. The summed E-state index contributed by atoms with van der Waals surface area (Å²) in [6, 6.07) is 10.8. The molecule has 3 heterocycles. The van der Waals surface area contributed by atoms with E-state index in [9.17, 15) is 40.2 Å². The van der Waals surface area contributed by atoms with Crippen LogP contribution in [0.5, 0.6) is 11.5 Å². The lowest BCUT2D eigenvalue weighted by Crippen LogP contribution is -2.60. The Morgan fingerprint density at radius 3 is 2.09 bits per heavy atom. The van der Waals surface area contributed by atoms with Crippen LogP contribution in [0, 0.1) is 11.8 Å². The molecule has 0 spiro atoms. The van der Waals surface area contributed by atoms with Crippen LogP contribution in [-0.4, -0.2) is 111 Å². The quantitative estimate of drug-likeness (QED) is 0.167. The minimum absolute atomic E-state index is 0.0165. The highest BCUT2D eigenvalue weighted by Gasteiger charge is 2.77. The molecule has 11 atom stereocenters. The van der Waals surface area contributed by atoms with E-state index in [1.807, 2.05) is 0 Å². The highest BCUT2D eigenvalue weighted by atomic mass is 16.8. The Kier molecular flexibility index (Phi) is 7.76. The number of esters is 2. The van der Waals surface area contributed by atoms with Gasteiger partial charge in [0, 0.05) is 5.92 Å². The van der Waals surface area contributed by atoms with Crippen molar-refractivity contribution in [2.24, 2.45) is 11.8 Å². The van der Waals surface area contributed by atoms with Crippen LogP contribution < -0.4 is 0 Å². The Bertz CT molecular complexity index is 1360. The zero-order valence-corrected chi connectivity index (χ0v) is 22.4. The summed E-state index contributed by atoms with van der Waals surface area (Å²) < 4.78 is 34.1. The smallest absolute Gasteiger partial charge is 0.338 e. The summed E-state index contributed by atoms with van der Waals surface area (Å²) in [5.74, 6) is -2.79. The van der Waals surface area contributed by atoms with Crippen molar-refractivity contribution in [3.05, 3.63) is 72.0 Å². The molecule has 0 unspecified atom stereocenters. The van der Waals surface area contributed by atoms with E-state index < -0.39 is 91.8 Å². The van der Waals surface area contributed by atoms with Crippen molar-refractivity contribution in [3.63, 3.8) is 0 Å². The predicted molar refractivity (Wildman–Crippen MR) is 139 cm³/mol. The van der Waals surface area contributed by atoms with Crippen LogP contribution in [0.25, 0.3) is 0 Å². The van der Waals surface area contributed by atoms with E-state index in [1.54, 1.807) is 6.08 Å². The van der Waals surface area contributed by atoms with Gasteiger partial charge in [-0.3, -0.25) is 0 Å². The van der Waals surface area contributed by atoms with E-state index in [-0.39, 0.29) is 22.6 Å². The number of benzene rings is 2. The molecular formula is C29H30O14. The van der Waals surface area contributed by atoms with Gasteiger partial charge >= 0.3 is 11.9 Å². The van der Waals surface area contributed by atoms with E-state index >= 15 is 0 Å². The number of hydrogen-bond donors (Lipinski definition) is 6. The summed E-state index contributed by atoms with van der Waals surface area (Å²) in [6.07, 6.45) is -7.77. The fraction of sp³-hybridized carbons (Fsp3) is 0.448. The molecule has 3 fully saturated rings. The lowest BCUT2D eigenvalue weighted by Gasteiger charge is -2.43. The maximum absolute atomic E-state index is 12.8. The van der Waals surface area contributed by atoms with Gasteiger partial charge in [-0.05, 0) is 54.6 Å². The molecule has 0 amide bonds. The van der Waals surface area contributed by atoms with E-state index in [0.717, 1.165) is 0 Å². The lowest BCUT2D eigenvalue weighted by atomic mass is 9.85. The van der Waals surface area contributed by atoms with Crippen molar-refractivity contribution in [2.75, 3.05) is 13.2 Å². The van der Waals surface area contributed by atoms with Crippen LogP contribution >= 0.6 is 0 Å². The van der Waals surface area contributed by atoms with Crippen molar-refractivity contribution >= 4 is 11.9 Å². The van der Waals surface area contributed by atoms with Crippen LogP contribution in [0.2, 0.25) is 0 Å². The number of phenols is 2. The van der Waals surface area contributed by atoms with Crippen molar-refractivity contribution in [3.8, 4) is 11.5 Å². The summed E-state index contributed by atoms with van der Waals surface area (Å²) in [7, 11) is 0. The highest BCUT2D eigenvalue weighted by Crippen LogP contribution is 2.60. The van der Waals surface area contributed by atoms with Crippen molar-refractivity contribution in [1.29, 1.82) is 0 Å². The number of carbonyl (C=O) groups is 2. The number of fused-ring (bicyclic) bond motifs is 3. The van der Waals surface area contributed by atoms with E-state index in [0.29, 0.717) is 0 Å². The lowest BCUT2D eigenvalue weighted by molar-refractivity contribution is -0.344. The Morgan fingerprint density at radius 1 is 0.837 bits per heavy atom. The standard InChI is InChI=1S/C29H30O14/c30-12-29-19-17(23(24(29)43-29)41-26(37)14-3-7-16(32)8-4-14)9-10-38-27(19)42-28-22(35)21(34)20(33)18(40-28)11-39-25(36)13-1-5-15(31)6-2-13/h1-10,17-24,27-28,30-35H,11-12H2/t17-,18-,19-,20-,21+,22-,23+,24+,27+,28+,29-/m1/s1. The summed E-state index contributed by atoms with van der Waals surface area (Å²) in [4.78, 5) is 25.2. The molecule has 14 nitrogen and oxygen atoms in total. The topological polar surface area (TPSA) is 214 Å². The van der Waals surface area contributed by atoms with Gasteiger partial charge in [-0.2, -0.15) is 0 Å². The first kappa shape index (κ1) is 29.3. The molecule has 6 rings (SSSR count). The monoisotopic (exact) mass is 602 g/mol. The van der Waals surface area contributed by atoms with Gasteiger partial charge < -0.3 is 59.1 Å². The second-order valence-electron chi connectivity index (χ2n) is 10.8. The van der Waals surface area contributed by atoms with E-state index in [1.165, 1.54) is 54.8 Å². The van der Waals surface area contributed by atoms with Crippen LogP contribution in [0.1, 0.15) is 20.7 Å². The van der Waals surface area contributed by atoms with Gasteiger partial charge in [0.05, 0.1) is 29.9 Å². The SMILES string of the molecule is O=C(OC[C@H]1O[C@@H](O[C@@H]2OC=C[C@H]3[C@H](OC(=O)c4ccc(O)cc4)[C@@H]4O[C@]4(CO)[C@@H]23)[C@H](O)[C@@H](O)[C@@H]1O)c1ccc(O)cc1. The van der Waals surface area contributed by atoms with E-state index in [2.05, 4.69) is 0 Å². The molecular weight excluding hydrogens is 572 g/mol. The second kappa shape index (κ2) is 11.4. The molecule has 1 aliphatic carbocycles. The molecule has 14 heteroatoms. The van der Waals surface area contributed by atoms with Gasteiger partial charge in [-0.25, -0.2) is 9.59 Å². The molecule has 2 saturated heterocycles. The van der Waals surface area contributed by atoms with Gasteiger partial charge in [-0.15, -0.1) is 0 Å². The number of aromatic hydroxyl groups is 2. The van der Waals surface area contributed by atoms with Crippen LogP contribution in [0.4, 0.5) is 0 Å². The van der Waals surface area contributed by atoms with Gasteiger partial charge in [-0.1, -0.05) is 0 Å². The Hall–Kier alpha value is -3.76. The third-order valence-electron chi connectivity index (χ3n) is 8.25. The molecule has 2 aromatic rings. The number of ether oxygens (including phenoxy) is 6. The Morgan fingerprint density at radius 2 is 1.47 bits per heavy atom. The fourth-order valence-electron chi connectivity index (χ4n) is 5.90. The Labute approximate surface area is 244 Å². The van der Waals surface area contributed by atoms with Gasteiger partial charge in [0.15, 0.2) is 6.29 Å². The van der Waals surface area contributed by atoms with Crippen LogP contribution in [-0.2, 0) is 28.4 Å². The predicted octanol–water partition coefficient (Wildman–Crippen LogP) is -0.450. The van der Waals surface area contributed by atoms with Crippen molar-refractivity contribution < 1.29 is 68.6 Å². The third-order valence-corrected chi connectivity index (χ3v) is 8.25.